The highest BCUT2D eigenvalue weighted by Gasteiger charge is 2.11. The molecule has 2 rings (SSSR count). The minimum atomic E-state index is -0.386. The van der Waals surface area contributed by atoms with Crippen molar-refractivity contribution in [3.05, 3.63) is 48.0 Å². The molecule has 0 aliphatic heterocycles. The molecule has 1 atom stereocenters. The van der Waals surface area contributed by atoms with Crippen LogP contribution in [0.3, 0.4) is 0 Å². The second-order valence-electron chi connectivity index (χ2n) is 4.77. The Bertz CT molecular complexity index is 485. The van der Waals surface area contributed by atoms with Crippen molar-refractivity contribution < 1.29 is 9.59 Å². The van der Waals surface area contributed by atoms with Crippen molar-refractivity contribution in [2.24, 2.45) is 0 Å². The minimum absolute atomic E-state index is 0.0507. The second kappa shape index (κ2) is 7.33. The molecular weight excluding hydrogens is 254 g/mol. The Kier molecular flexibility index (Phi) is 5.17. The van der Waals surface area contributed by atoms with Gasteiger partial charge in [0, 0.05) is 6.04 Å². The maximum Gasteiger partial charge on any atom is 0.333 e. The number of carbonyl (C=O) groups excluding carboxylic acids is 2. The van der Waals surface area contributed by atoms with E-state index in [1.54, 1.807) is 0 Å². The van der Waals surface area contributed by atoms with Crippen LogP contribution in [0.25, 0.3) is 0 Å². The van der Waals surface area contributed by atoms with Gasteiger partial charge in [0.1, 0.15) is 0 Å². The van der Waals surface area contributed by atoms with E-state index in [9.17, 15) is 9.59 Å². The maximum atomic E-state index is 11.6. The van der Waals surface area contributed by atoms with Crippen LogP contribution < -0.4 is 16.2 Å². The van der Waals surface area contributed by atoms with Crippen LogP contribution >= 0.6 is 0 Å². The summed E-state index contributed by atoms with van der Waals surface area (Å²) in [5.74, 6) is -0.245. The van der Waals surface area contributed by atoms with Gasteiger partial charge < -0.3 is 5.32 Å². The summed E-state index contributed by atoms with van der Waals surface area (Å²) < 4.78 is 0. The second-order valence-corrected chi connectivity index (χ2v) is 4.77. The average molecular weight is 273 g/mol. The zero-order chi connectivity index (χ0) is 14.2. The first-order valence-electron chi connectivity index (χ1n) is 6.80. The van der Waals surface area contributed by atoms with Crippen molar-refractivity contribution in [3.63, 3.8) is 0 Å². The molecule has 0 fully saturated rings. The van der Waals surface area contributed by atoms with Gasteiger partial charge in [0.2, 0.25) is 5.91 Å². The highest BCUT2D eigenvalue weighted by atomic mass is 16.2. The fourth-order valence-corrected chi connectivity index (χ4v) is 2.09. The molecule has 0 radical (unpaired) electrons. The zero-order valence-electron chi connectivity index (χ0n) is 11.3. The third-order valence-corrected chi connectivity index (χ3v) is 3.09. The molecule has 1 aliphatic carbocycles. The SMILES string of the molecule is O=C(Cc1ccccc1)NNC(=O)NC1C=CCCC1. The molecule has 0 bridgehead atoms. The third kappa shape index (κ3) is 4.76. The number of rotatable bonds is 3. The van der Waals surface area contributed by atoms with Gasteiger partial charge in [-0.05, 0) is 24.8 Å². The van der Waals surface area contributed by atoms with Crippen molar-refractivity contribution in [2.45, 2.75) is 31.7 Å². The summed E-state index contributed by atoms with van der Waals surface area (Å²) >= 11 is 0. The first kappa shape index (κ1) is 14.1. The van der Waals surface area contributed by atoms with Gasteiger partial charge in [-0.3, -0.25) is 10.2 Å². The minimum Gasteiger partial charge on any atom is -0.331 e. The summed E-state index contributed by atoms with van der Waals surface area (Å²) in [6.07, 6.45) is 7.35. The van der Waals surface area contributed by atoms with Crippen LogP contribution in [0.1, 0.15) is 24.8 Å². The molecule has 0 spiro atoms. The van der Waals surface area contributed by atoms with E-state index in [-0.39, 0.29) is 24.4 Å². The molecule has 1 unspecified atom stereocenters. The fraction of sp³-hybridized carbons (Fsp3) is 0.333. The van der Waals surface area contributed by atoms with Gasteiger partial charge in [0.05, 0.1) is 6.42 Å². The maximum absolute atomic E-state index is 11.6. The summed E-state index contributed by atoms with van der Waals surface area (Å²) in [4.78, 5) is 23.2. The Hall–Kier alpha value is -2.30. The van der Waals surface area contributed by atoms with Gasteiger partial charge in [-0.1, -0.05) is 42.5 Å². The molecule has 20 heavy (non-hydrogen) atoms. The van der Waals surface area contributed by atoms with Crippen LogP contribution in [0.4, 0.5) is 4.79 Å². The summed E-state index contributed by atoms with van der Waals surface area (Å²) in [7, 11) is 0. The highest BCUT2D eigenvalue weighted by molar-refractivity contribution is 5.82. The molecule has 5 heteroatoms. The predicted molar refractivity (Wildman–Crippen MR) is 76.7 cm³/mol. The Morgan fingerprint density at radius 2 is 1.95 bits per heavy atom. The summed E-state index contributed by atoms with van der Waals surface area (Å²) in [6, 6.07) is 9.04. The Morgan fingerprint density at radius 1 is 1.15 bits per heavy atom. The largest absolute Gasteiger partial charge is 0.333 e. The number of hydrogen-bond donors (Lipinski definition) is 3. The number of amides is 3. The van der Waals surface area contributed by atoms with Crippen LogP contribution in [0.5, 0.6) is 0 Å². The summed E-state index contributed by atoms with van der Waals surface area (Å²) in [5, 5.41) is 2.79. The van der Waals surface area contributed by atoms with Crippen LogP contribution in [0.15, 0.2) is 42.5 Å². The number of allylic oxidation sites excluding steroid dienone is 1. The molecule has 0 saturated heterocycles. The van der Waals surface area contributed by atoms with Crippen LogP contribution in [0.2, 0.25) is 0 Å². The van der Waals surface area contributed by atoms with Crippen molar-refractivity contribution in [2.75, 3.05) is 0 Å². The molecule has 3 amide bonds. The lowest BCUT2D eigenvalue weighted by Gasteiger charge is -2.18. The van der Waals surface area contributed by atoms with Crippen molar-refractivity contribution >= 4 is 11.9 Å². The van der Waals surface area contributed by atoms with Gasteiger partial charge >= 0.3 is 6.03 Å². The van der Waals surface area contributed by atoms with Gasteiger partial charge in [-0.2, -0.15) is 0 Å². The lowest BCUT2D eigenvalue weighted by atomic mass is 10.0. The molecule has 0 aromatic heterocycles. The number of nitrogens with one attached hydrogen (secondary N) is 3. The van der Waals surface area contributed by atoms with Gasteiger partial charge in [0.25, 0.3) is 0 Å². The van der Waals surface area contributed by atoms with Crippen LogP contribution in [-0.4, -0.2) is 18.0 Å². The lowest BCUT2D eigenvalue weighted by Crippen LogP contribution is -2.50. The van der Waals surface area contributed by atoms with E-state index < -0.39 is 0 Å². The monoisotopic (exact) mass is 273 g/mol. The van der Waals surface area contributed by atoms with Gasteiger partial charge in [0.15, 0.2) is 0 Å². The van der Waals surface area contributed by atoms with E-state index in [1.807, 2.05) is 36.4 Å². The summed E-state index contributed by atoms with van der Waals surface area (Å²) in [5.41, 5.74) is 5.67. The Labute approximate surface area is 118 Å². The standard InChI is InChI=1S/C15H19N3O2/c19-14(11-12-7-3-1-4-8-12)17-18-15(20)16-13-9-5-2-6-10-13/h1,3-5,7-9,13H,2,6,10-11H2,(H,17,19)(H2,16,18,20). The highest BCUT2D eigenvalue weighted by Crippen LogP contribution is 2.09. The molecular formula is C15H19N3O2. The lowest BCUT2D eigenvalue weighted by molar-refractivity contribution is -0.121. The molecule has 1 aromatic rings. The van der Waals surface area contributed by atoms with Crippen molar-refractivity contribution in [3.8, 4) is 0 Å². The summed E-state index contributed by atoms with van der Waals surface area (Å²) in [6.45, 7) is 0. The number of hydrazine groups is 1. The number of carbonyl (C=O) groups is 2. The first-order chi connectivity index (χ1) is 9.74. The molecule has 3 N–H and O–H groups in total. The van der Waals surface area contributed by atoms with Crippen LogP contribution in [-0.2, 0) is 11.2 Å². The molecule has 0 saturated carbocycles. The van der Waals surface area contributed by atoms with Gasteiger partial charge in [-0.15, -0.1) is 0 Å². The number of urea groups is 1. The average Bonchev–Trinajstić information content (AvgIpc) is 2.47. The first-order valence-corrected chi connectivity index (χ1v) is 6.80. The quantitative estimate of drug-likeness (QED) is 0.579. The molecule has 5 nitrogen and oxygen atoms in total. The fourth-order valence-electron chi connectivity index (χ4n) is 2.09. The number of benzene rings is 1. The normalized spacial score (nSPS) is 17.3. The van der Waals surface area contributed by atoms with E-state index in [4.69, 9.17) is 0 Å². The van der Waals surface area contributed by atoms with E-state index in [0.717, 1.165) is 24.8 Å². The Morgan fingerprint density at radius 3 is 2.65 bits per heavy atom. The predicted octanol–water partition coefficient (Wildman–Crippen LogP) is 1.67. The topological polar surface area (TPSA) is 70.2 Å². The third-order valence-electron chi connectivity index (χ3n) is 3.09. The molecule has 1 aromatic carbocycles. The zero-order valence-corrected chi connectivity index (χ0v) is 11.3. The van der Waals surface area contributed by atoms with Gasteiger partial charge in [-0.25, -0.2) is 10.2 Å². The Balaban J connectivity index is 1.69. The molecule has 1 aliphatic rings. The van der Waals surface area contributed by atoms with E-state index in [0.29, 0.717) is 0 Å². The smallest absolute Gasteiger partial charge is 0.331 e. The van der Waals surface area contributed by atoms with E-state index in [2.05, 4.69) is 22.2 Å². The van der Waals surface area contributed by atoms with E-state index >= 15 is 0 Å². The number of hydrogen-bond acceptors (Lipinski definition) is 2. The molecule has 106 valence electrons. The van der Waals surface area contributed by atoms with Crippen molar-refractivity contribution in [1.82, 2.24) is 16.2 Å². The van der Waals surface area contributed by atoms with Crippen molar-refractivity contribution in [1.29, 1.82) is 0 Å². The molecule has 0 heterocycles. The van der Waals surface area contributed by atoms with Crippen LogP contribution in [0, 0.1) is 0 Å². The van der Waals surface area contributed by atoms with E-state index in [1.165, 1.54) is 0 Å².